The zero-order valence-electron chi connectivity index (χ0n) is 10.1. The topological polar surface area (TPSA) is 68.8 Å². The highest BCUT2D eigenvalue weighted by atomic mass is 15.4. The van der Waals surface area contributed by atoms with Gasteiger partial charge in [-0.05, 0) is 18.1 Å². The highest BCUT2D eigenvalue weighted by molar-refractivity contribution is 5.41. The molecule has 0 amide bonds. The van der Waals surface area contributed by atoms with Crippen molar-refractivity contribution >= 4 is 11.9 Å². The molecule has 2 rings (SSSR count). The van der Waals surface area contributed by atoms with E-state index in [1.807, 2.05) is 30.3 Å². The van der Waals surface area contributed by atoms with Crippen LogP contribution in [0.15, 0.2) is 30.3 Å². The first-order valence-corrected chi connectivity index (χ1v) is 5.68. The first-order valence-electron chi connectivity index (χ1n) is 5.68. The molecule has 90 valence electrons. The Hall–Kier alpha value is -2.04. The van der Waals surface area contributed by atoms with E-state index in [1.54, 1.807) is 4.68 Å². The molecule has 0 saturated carbocycles. The first-order chi connectivity index (χ1) is 8.16. The molecule has 0 radical (unpaired) electrons. The van der Waals surface area contributed by atoms with Crippen molar-refractivity contribution in [3.63, 3.8) is 0 Å². The minimum atomic E-state index is 0.391. The highest BCUT2D eigenvalue weighted by Gasteiger charge is 2.08. The Labute approximate surface area is 101 Å². The Morgan fingerprint density at radius 2 is 2.00 bits per heavy atom. The molecular weight excluding hydrogens is 214 g/mol. The summed E-state index contributed by atoms with van der Waals surface area (Å²) in [7, 11) is 0. The van der Waals surface area contributed by atoms with E-state index in [4.69, 9.17) is 5.73 Å². The minimum Gasteiger partial charge on any atom is -0.368 e. The van der Waals surface area contributed by atoms with Crippen LogP contribution in [0.4, 0.5) is 11.9 Å². The number of anilines is 2. The summed E-state index contributed by atoms with van der Waals surface area (Å²) in [5.41, 5.74) is 6.74. The standard InChI is InChI=1S/C12H17N5/c1-9(2)8-14-12-15-11(13)17(16-12)10-6-4-3-5-7-10/h3-7,9H,8H2,1-2H3,(H3,13,14,15,16). The van der Waals surface area contributed by atoms with Crippen molar-refractivity contribution in [3.8, 4) is 5.69 Å². The molecule has 5 nitrogen and oxygen atoms in total. The lowest BCUT2D eigenvalue weighted by Crippen LogP contribution is -2.09. The van der Waals surface area contributed by atoms with Gasteiger partial charge in [0.1, 0.15) is 0 Å². The van der Waals surface area contributed by atoms with Crippen LogP contribution in [0, 0.1) is 5.92 Å². The number of para-hydroxylation sites is 1. The van der Waals surface area contributed by atoms with Crippen LogP contribution in [0.3, 0.4) is 0 Å². The molecule has 0 saturated heterocycles. The molecule has 0 atom stereocenters. The van der Waals surface area contributed by atoms with Crippen LogP contribution in [0.5, 0.6) is 0 Å². The molecule has 0 spiro atoms. The van der Waals surface area contributed by atoms with Crippen molar-refractivity contribution in [1.29, 1.82) is 0 Å². The van der Waals surface area contributed by atoms with Crippen LogP contribution < -0.4 is 11.1 Å². The summed E-state index contributed by atoms with van der Waals surface area (Å²) >= 11 is 0. The molecule has 3 N–H and O–H groups in total. The number of hydrogen-bond acceptors (Lipinski definition) is 4. The Morgan fingerprint density at radius 3 is 2.65 bits per heavy atom. The molecule has 0 bridgehead atoms. The van der Waals surface area contributed by atoms with E-state index in [0.29, 0.717) is 17.8 Å². The lowest BCUT2D eigenvalue weighted by molar-refractivity contribution is 0.684. The van der Waals surface area contributed by atoms with Crippen LogP contribution in [-0.2, 0) is 0 Å². The maximum atomic E-state index is 5.83. The molecule has 2 aromatic rings. The average molecular weight is 231 g/mol. The second-order valence-electron chi connectivity index (χ2n) is 4.32. The van der Waals surface area contributed by atoms with Gasteiger partial charge in [0, 0.05) is 6.54 Å². The molecule has 17 heavy (non-hydrogen) atoms. The quantitative estimate of drug-likeness (QED) is 0.843. The van der Waals surface area contributed by atoms with Gasteiger partial charge in [0.25, 0.3) is 0 Å². The second-order valence-corrected chi connectivity index (χ2v) is 4.32. The third-order valence-corrected chi connectivity index (χ3v) is 2.30. The molecule has 1 aromatic heterocycles. The van der Waals surface area contributed by atoms with E-state index in [-0.39, 0.29) is 0 Å². The summed E-state index contributed by atoms with van der Waals surface area (Å²) in [5.74, 6) is 1.50. The van der Waals surface area contributed by atoms with E-state index in [2.05, 4.69) is 29.2 Å². The van der Waals surface area contributed by atoms with Crippen molar-refractivity contribution in [3.05, 3.63) is 30.3 Å². The predicted octanol–water partition coefficient (Wildman–Crippen LogP) is 1.92. The van der Waals surface area contributed by atoms with Gasteiger partial charge in [-0.3, -0.25) is 0 Å². The van der Waals surface area contributed by atoms with Crippen molar-refractivity contribution in [2.24, 2.45) is 5.92 Å². The van der Waals surface area contributed by atoms with Crippen molar-refractivity contribution in [2.45, 2.75) is 13.8 Å². The summed E-state index contributed by atoms with van der Waals surface area (Å²) in [6, 6.07) is 9.72. The van der Waals surface area contributed by atoms with Gasteiger partial charge in [-0.1, -0.05) is 32.0 Å². The highest BCUT2D eigenvalue weighted by Crippen LogP contribution is 2.13. The van der Waals surface area contributed by atoms with Crippen LogP contribution in [0.25, 0.3) is 5.69 Å². The number of nitrogens with zero attached hydrogens (tertiary/aromatic N) is 3. The number of hydrogen-bond donors (Lipinski definition) is 2. The van der Waals surface area contributed by atoms with Gasteiger partial charge in [-0.2, -0.15) is 9.67 Å². The fourth-order valence-corrected chi connectivity index (χ4v) is 1.45. The Kier molecular flexibility index (Phi) is 3.27. The SMILES string of the molecule is CC(C)CNc1nc(N)n(-c2ccccc2)n1. The lowest BCUT2D eigenvalue weighted by Gasteiger charge is -2.03. The number of nitrogen functional groups attached to an aromatic ring is 1. The number of aromatic nitrogens is 3. The molecule has 5 heteroatoms. The first kappa shape index (κ1) is 11.4. The largest absolute Gasteiger partial charge is 0.368 e. The number of rotatable bonds is 4. The Balaban J connectivity index is 2.20. The average Bonchev–Trinajstić information content (AvgIpc) is 2.69. The lowest BCUT2D eigenvalue weighted by atomic mass is 10.2. The van der Waals surface area contributed by atoms with E-state index in [0.717, 1.165) is 12.2 Å². The fraction of sp³-hybridized carbons (Fsp3) is 0.333. The van der Waals surface area contributed by atoms with Gasteiger partial charge >= 0.3 is 0 Å². The summed E-state index contributed by atoms with van der Waals surface area (Å²) < 4.78 is 1.63. The van der Waals surface area contributed by atoms with Crippen LogP contribution in [0.2, 0.25) is 0 Å². The van der Waals surface area contributed by atoms with Gasteiger partial charge in [0.05, 0.1) is 5.69 Å². The van der Waals surface area contributed by atoms with E-state index in [9.17, 15) is 0 Å². The van der Waals surface area contributed by atoms with Crippen molar-refractivity contribution in [1.82, 2.24) is 14.8 Å². The normalized spacial score (nSPS) is 10.8. The van der Waals surface area contributed by atoms with Gasteiger partial charge in [0.15, 0.2) is 0 Å². The van der Waals surface area contributed by atoms with Gasteiger partial charge in [0.2, 0.25) is 11.9 Å². The van der Waals surface area contributed by atoms with E-state index < -0.39 is 0 Å². The monoisotopic (exact) mass is 231 g/mol. The Bertz CT molecular complexity index is 475. The number of nitrogens with two attached hydrogens (primary N) is 1. The van der Waals surface area contributed by atoms with Crippen molar-refractivity contribution in [2.75, 3.05) is 17.6 Å². The van der Waals surface area contributed by atoms with Gasteiger partial charge in [-0.15, -0.1) is 5.10 Å². The second kappa shape index (κ2) is 4.86. The summed E-state index contributed by atoms with van der Waals surface area (Å²) in [4.78, 5) is 4.18. The molecule has 0 aliphatic rings. The number of benzene rings is 1. The molecule has 1 heterocycles. The van der Waals surface area contributed by atoms with Gasteiger partial charge < -0.3 is 11.1 Å². The molecule has 1 aromatic carbocycles. The zero-order chi connectivity index (χ0) is 12.3. The van der Waals surface area contributed by atoms with Crippen LogP contribution in [-0.4, -0.2) is 21.3 Å². The summed E-state index contributed by atoms with van der Waals surface area (Å²) in [6.07, 6.45) is 0. The summed E-state index contributed by atoms with van der Waals surface area (Å²) in [5, 5.41) is 7.47. The Morgan fingerprint density at radius 1 is 1.29 bits per heavy atom. The molecule has 0 fully saturated rings. The van der Waals surface area contributed by atoms with Gasteiger partial charge in [-0.25, -0.2) is 0 Å². The maximum Gasteiger partial charge on any atom is 0.244 e. The van der Waals surface area contributed by atoms with Crippen LogP contribution >= 0.6 is 0 Å². The number of nitrogens with one attached hydrogen (secondary N) is 1. The minimum absolute atomic E-state index is 0.391. The predicted molar refractivity (Wildman–Crippen MR) is 69.1 cm³/mol. The van der Waals surface area contributed by atoms with E-state index in [1.165, 1.54) is 0 Å². The molecule has 0 unspecified atom stereocenters. The molecule has 0 aliphatic heterocycles. The molecular formula is C12H17N5. The maximum absolute atomic E-state index is 5.83. The molecule has 0 aliphatic carbocycles. The fourth-order valence-electron chi connectivity index (χ4n) is 1.45. The van der Waals surface area contributed by atoms with E-state index >= 15 is 0 Å². The van der Waals surface area contributed by atoms with Crippen molar-refractivity contribution < 1.29 is 0 Å². The van der Waals surface area contributed by atoms with Crippen LogP contribution in [0.1, 0.15) is 13.8 Å². The summed E-state index contributed by atoms with van der Waals surface area (Å²) in [6.45, 7) is 5.09. The zero-order valence-corrected chi connectivity index (χ0v) is 10.1. The third kappa shape index (κ3) is 2.75. The smallest absolute Gasteiger partial charge is 0.244 e. The third-order valence-electron chi connectivity index (χ3n) is 2.30.